The summed E-state index contributed by atoms with van der Waals surface area (Å²) in [7, 11) is 0. The molecule has 1 saturated heterocycles. The van der Waals surface area contributed by atoms with Gasteiger partial charge in [-0.25, -0.2) is 0 Å². The quantitative estimate of drug-likeness (QED) is 0.181. The number of nitro groups is 1. The number of carbonyl (C=O) groups excluding carboxylic acids is 2. The number of halogens is 2. The number of carbonyl (C=O) groups is 2. The first-order valence-electron chi connectivity index (χ1n) is 9.66. The Kier molecular flexibility index (Phi) is 6.13. The smallest absolute Gasteiger partial charge is 0.296 e. The van der Waals surface area contributed by atoms with Crippen molar-refractivity contribution in [2.45, 2.75) is 12.6 Å². The number of nitrogens with zero attached hydrogens (tertiary/aromatic N) is 3. The minimum absolute atomic E-state index is 0.0119. The lowest BCUT2D eigenvalue weighted by Crippen LogP contribution is -2.29. The van der Waals surface area contributed by atoms with Gasteiger partial charge in [0.25, 0.3) is 17.4 Å². The van der Waals surface area contributed by atoms with Gasteiger partial charge in [0, 0.05) is 23.9 Å². The molecule has 0 spiro atoms. The molecule has 8 nitrogen and oxygen atoms in total. The summed E-state index contributed by atoms with van der Waals surface area (Å²) in [6.07, 6.45) is 1.56. The Balaban J connectivity index is 1.90. The summed E-state index contributed by atoms with van der Waals surface area (Å²) in [6.45, 7) is -0.0119. The molecule has 2 heterocycles. The SMILES string of the molecule is O=C1C(=O)N(Cc2ccccn2)C(c2ccc(Cl)c(Cl)c2)/C1=C(/O)c1cccc([N+](=O)[O-])c1. The number of non-ortho nitro benzene ring substituents is 1. The molecule has 1 aliphatic heterocycles. The Morgan fingerprint density at radius 2 is 1.85 bits per heavy atom. The van der Waals surface area contributed by atoms with E-state index in [9.17, 15) is 24.8 Å². The molecule has 33 heavy (non-hydrogen) atoms. The molecule has 1 aromatic heterocycles. The van der Waals surface area contributed by atoms with Crippen molar-refractivity contribution < 1.29 is 19.6 Å². The Bertz CT molecular complexity index is 1310. The molecule has 1 aliphatic rings. The minimum atomic E-state index is -1.01. The van der Waals surface area contributed by atoms with Crippen molar-refractivity contribution in [3.05, 3.63) is 109 Å². The van der Waals surface area contributed by atoms with Crippen LogP contribution in [0.1, 0.15) is 22.9 Å². The van der Waals surface area contributed by atoms with Gasteiger partial charge in [0.2, 0.25) is 0 Å². The minimum Gasteiger partial charge on any atom is -0.507 e. The highest BCUT2D eigenvalue weighted by atomic mass is 35.5. The molecule has 4 rings (SSSR count). The average Bonchev–Trinajstić information content (AvgIpc) is 3.06. The lowest BCUT2D eigenvalue weighted by Gasteiger charge is -2.25. The first kappa shape index (κ1) is 22.4. The fourth-order valence-electron chi connectivity index (χ4n) is 3.66. The fourth-order valence-corrected chi connectivity index (χ4v) is 3.97. The van der Waals surface area contributed by atoms with Gasteiger partial charge in [0.15, 0.2) is 0 Å². The Hall–Kier alpha value is -3.75. The van der Waals surface area contributed by atoms with E-state index in [1.54, 1.807) is 30.5 Å². The number of amides is 1. The predicted octanol–water partition coefficient (Wildman–Crippen LogP) is 4.92. The molecule has 1 N–H and O–H groups in total. The second-order valence-corrected chi connectivity index (χ2v) is 8.04. The number of ketones is 1. The highest BCUT2D eigenvalue weighted by molar-refractivity contribution is 6.46. The van der Waals surface area contributed by atoms with Crippen LogP contribution in [0.5, 0.6) is 0 Å². The van der Waals surface area contributed by atoms with Crippen molar-refractivity contribution in [2.75, 3.05) is 0 Å². The third-order valence-corrected chi connectivity index (χ3v) is 5.93. The largest absolute Gasteiger partial charge is 0.507 e. The fraction of sp³-hybridized carbons (Fsp3) is 0.0870. The number of aliphatic hydroxyl groups excluding tert-OH is 1. The number of hydrogen-bond acceptors (Lipinski definition) is 6. The van der Waals surface area contributed by atoms with Crippen LogP contribution in [0.3, 0.4) is 0 Å². The summed E-state index contributed by atoms with van der Waals surface area (Å²) in [5.74, 6) is -2.30. The number of rotatable bonds is 5. The van der Waals surface area contributed by atoms with Crippen LogP contribution in [0.2, 0.25) is 10.0 Å². The third kappa shape index (κ3) is 4.30. The van der Waals surface area contributed by atoms with Crippen molar-refractivity contribution in [3.63, 3.8) is 0 Å². The maximum atomic E-state index is 13.1. The second kappa shape index (κ2) is 9.01. The maximum absolute atomic E-state index is 13.1. The molecule has 10 heteroatoms. The number of Topliss-reactive ketones (excluding diaryl/α,β-unsaturated/α-hetero) is 1. The molecule has 0 aliphatic carbocycles. The average molecular weight is 484 g/mol. The van der Waals surface area contributed by atoms with Crippen LogP contribution in [-0.2, 0) is 16.1 Å². The van der Waals surface area contributed by atoms with E-state index in [0.717, 1.165) is 6.07 Å². The van der Waals surface area contributed by atoms with Crippen molar-refractivity contribution >= 4 is 46.3 Å². The first-order chi connectivity index (χ1) is 15.8. The summed E-state index contributed by atoms with van der Waals surface area (Å²) in [6, 6.07) is 14.0. The van der Waals surface area contributed by atoms with Crippen LogP contribution in [0.4, 0.5) is 5.69 Å². The Labute approximate surface area is 197 Å². The van der Waals surface area contributed by atoms with Crippen LogP contribution in [-0.4, -0.2) is 31.6 Å². The van der Waals surface area contributed by atoms with Crippen LogP contribution >= 0.6 is 23.2 Å². The molecule has 1 atom stereocenters. The Morgan fingerprint density at radius 3 is 2.52 bits per heavy atom. The van der Waals surface area contributed by atoms with Gasteiger partial charge in [-0.05, 0) is 29.8 Å². The summed E-state index contributed by atoms with van der Waals surface area (Å²) >= 11 is 12.2. The number of likely N-dealkylation sites (tertiary alicyclic amines) is 1. The monoisotopic (exact) mass is 483 g/mol. The zero-order chi connectivity index (χ0) is 23.7. The molecular weight excluding hydrogens is 469 g/mol. The van der Waals surface area contributed by atoms with Crippen LogP contribution < -0.4 is 0 Å². The number of aliphatic hydroxyl groups is 1. The standard InChI is InChI=1S/C23H15Cl2N3O5/c24-17-8-7-13(11-18(17)25)20-19(21(29)14-4-3-6-16(10-14)28(32)33)22(30)23(31)27(20)12-15-5-1-2-9-26-15/h1-11,20,29H,12H2/b21-19-. The topological polar surface area (TPSA) is 114 Å². The van der Waals surface area contributed by atoms with Crippen molar-refractivity contribution in [1.29, 1.82) is 0 Å². The number of benzene rings is 2. The van der Waals surface area contributed by atoms with Crippen molar-refractivity contribution in [3.8, 4) is 0 Å². The highest BCUT2D eigenvalue weighted by Crippen LogP contribution is 2.41. The van der Waals surface area contributed by atoms with Crippen LogP contribution in [0, 0.1) is 10.1 Å². The summed E-state index contributed by atoms with van der Waals surface area (Å²) in [5, 5.41) is 22.7. The molecule has 166 valence electrons. The van der Waals surface area contributed by atoms with Crippen molar-refractivity contribution in [2.24, 2.45) is 0 Å². The van der Waals surface area contributed by atoms with Crippen molar-refractivity contribution in [1.82, 2.24) is 9.88 Å². The number of hydrogen-bond donors (Lipinski definition) is 1. The van der Waals surface area contributed by atoms with Gasteiger partial charge in [-0.15, -0.1) is 0 Å². The van der Waals surface area contributed by atoms with E-state index in [4.69, 9.17) is 23.2 Å². The van der Waals surface area contributed by atoms with Gasteiger partial charge in [0.05, 0.1) is 38.8 Å². The third-order valence-electron chi connectivity index (χ3n) is 5.19. The molecule has 0 radical (unpaired) electrons. The normalized spacial score (nSPS) is 17.4. The van der Waals surface area contributed by atoms with Gasteiger partial charge in [-0.3, -0.25) is 24.7 Å². The molecule has 1 fully saturated rings. The van der Waals surface area contributed by atoms with E-state index in [2.05, 4.69) is 4.98 Å². The molecule has 2 aromatic carbocycles. The highest BCUT2D eigenvalue weighted by Gasteiger charge is 2.46. The van der Waals surface area contributed by atoms with Gasteiger partial charge >= 0.3 is 0 Å². The van der Waals surface area contributed by atoms with Gasteiger partial charge in [-0.1, -0.05) is 47.5 Å². The molecule has 0 bridgehead atoms. The van der Waals surface area contributed by atoms with E-state index in [1.807, 2.05) is 0 Å². The molecular formula is C23H15Cl2N3O5. The maximum Gasteiger partial charge on any atom is 0.296 e. The van der Waals surface area contributed by atoms with Gasteiger partial charge < -0.3 is 10.0 Å². The molecule has 3 aromatic rings. The van der Waals surface area contributed by atoms with Crippen LogP contribution in [0.15, 0.2) is 72.4 Å². The van der Waals surface area contributed by atoms with E-state index in [-0.39, 0.29) is 33.4 Å². The second-order valence-electron chi connectivity index (χ2n) is 7.23. The lowest BCUT2D eigenvalue weighted by atomic mass is 9.95. The van der Waals surface area contributed by atoms with E-state index in [0.29, 0.717) is 11.3 Å². The number of nitro benzene ring substituents is 1. The number of aromatic nitrogens is 1. The van der Waals surface area contributed by atoms with E-state index >= 15 is 0 Å². The zero-order valence-corrected chi connectivity index (χ0v) is 18.3. The lowest BCUT2D eigenvalue weighted by molar-refractivity contribution is -0.384. The van der Waals surface area contributed by atoms with E-state index in [1.165, 1.54) is 35.2 Å². The predicted molar refractivity (Wildman–Crippen MR) is 122 cm³/mol. The number of pyridine rings is 1. The molecule has 1 amide bonds. The van der Waals surface area contributed by atoms with E-state index < -0.39 is 28.4 Å². The summed E-state index contributed by atoms with van der Waals surface area (Å²) in [5.41, 5.74) is 0.513. The first-order valence-corrected chi connectivity index (χ1v) is 10.4. The van der Waals surface area contributed by atoms with Gasteiger partial charge in [-0.2, -0.15) is 0 Å². The van der Waals surface area contributed by atoms with Gasteiger partial charge in [0.1, 0.15) is 5.76 Å². The summed E-state index contributed by atoms with van der Waals surface area (Å²) < 4.78 is 0. The zero-order valence-electron chi connectivity index (χ0n) is 16.8. The van der Waals surface area contributed by atoms with Crippen LogP contribution in [0.25, 0.3) is 5.76 Å². The summed E-state index contributed by atoms with van der Waals surface area (Å²) in [4.78, 5) is 42.1. The molecule has 1 unspecified atom stereocenters. The Morgan fingerprint density at radius 1 is 1.06 bits per heavy atom. The molecule has 0 saturated carbocycles.